The molecule has 3 rings (SSSR count). The lowest BCUT2D eigenvalue weighted by Gasteiger charge is -2.31. The average molecular weight is 408 g/mol. The van der Waals surface area contributed by atoms with Gasteiger partial charge in [0.05, 0.1) is 15.3 Å². The van der Waals surface area contributed by atoms with Crippen molar-refractivity contribution in [3.05, 3.63) is 21.3 Å². The number of thiophene rings is 1. The molecule has 0 aliphatic carbocycles. The molecule has 0 bridgehead atoms. The third-order valence-corrected chi connectivity index (χ3v) is 6.00. The van der Waals surface area contributed by atoms with Gasteiger partial charge in [-0.2, -0.15) is 0 Å². The number of piperidine rings is 1. The number of nitrogens with zero attached hydrogens (tertiary/aromatic N) is 1. The Morgan fingerprint density at radius 1 is 1.32 bits per heavy atom. The van der Waals surface area contributed by atoms with Crippen LogP contribution in [0.25, 0.3) is 0 Å². The molecule has 0 saturated carbocycles. The Labute approximate surface area is 162 Å². The minimum atomic E-state index is -0.387. The molecule has 0 aromatic carbocycles. The Bertz CT molecular complexity index is 605. The maximum Gasteiger partial charge on any atom is 0.263 e. The van der Waals surface area contributed by atoms with Crippen LogP contribution in [0.5, 0.6) is 0 Å². The van der Waals surface area contributed by atoms with Gasteiger partial charge >= 0.3 is 0 Å². The molecule has 0 radical (unpaired) electrons. The number of nitrogens with one attached hydrogen (secondary N) is 2. The van der Waals surface area contributed by atoms with Crippen LogP contribution in [0.4, 0.5) is 0 Å². The molecular formula is C16H23Cl2N3O3S. The maximum absolute atomic E-state index is 12.4. The standard InChI is InChI=1S/C16H22ClN3O3S.ClH/c17-14-2-1-13(24-14)16(23)20-5-3-10(4-6-20)15(22)19-8-11-7-18-9-12(11)21;/h1-2,10-12,18,21H,3-9H2,(H,19,22);1H. The van der Waals surface area contributed by atoms with Gasteiger partial charge in [0.15, 0.2) is 0 Å². The summed E-state index contributed by atoms with van der Waals surface area (Å²) in [5.74, 6) is 0.0398. The van der Waals surface area contributed by atoms with Gasteiger partial charge in [-0.1, -0.05) is 11.6 Å². The summed E-state index contributed by atoms with van der Waals surface area (Å²) in [5.41, 5.74) is 0. The van der Waals surface area contributed by atoms with Crippen molar-refractivity contribution in [3.8, 4) is 0 Å². The van der Waals surface area contributed by atoms with Crippen LogP contribution in [-0.4, -0.2) is 60.6 Å². The first-order chi connectivity index (χ1) is 11.5. The quantitative estimate of drug-likeness (QED) is 0.703. The van der Waals surface area contributed by atoms with Crippen molar-refractivity contribution in [1.82, 2.24) is 15.5 Å². The van der Waals surface area contributed by atoms with Gasteiger partial charge < -0.3 is 20.6 Å². The van der Waals surface area contributed by atoms with E-state index in [4.69, 9.17) is 11.6 Å². The largest absolute Gasteiger partial charge is 0.391 e. The lowest BCUT2D eigenvalue weighted by atomic mass is 9.95. The summed E-state index contributed by atoms with van der Waals surface area (Å²) >= 11 is 7.16. The van der Waals surface area contributed by atoms with Gasteiger partial charge in [-0.15, -0.1) is 23.7 Å². The van der Waals surface area contributed by atoms with Crippen LogP contribution >= 0.6 is 35.3 Å². The predicted octanol–water partition coefficient (Wildman–Crippen LogP) is 1.37. The van der Waals surface area contributed by atoms with Gasteiger partial charge in [0.25, 0.3) is 5.91 Å². The number of rotatable bonds is 4. The number of β-amino-alcohol motifs (C(OH)–C–C–N with tert-alkyl or cyclic N) is 1. The molecule has 2 saturated heterocycles. The first kappa shape index (κ1) is 20.5. The van der Waals surface area contributed by atoms with Crippen molar-refractivity contribution in [2.45, 2.75) is 18.9 Å². The molecule has 9 heteroatoms. The molecule has 2 unspecified atom stereocenters. The van der Waals surface area contributed by atoms with Crippen molar-refractivity contribution >= 4 is 47.2 Å². The second-order valence-corrected chi connectivity index (χ2v) is 8.12. The Morgan fingerprint density at radius 2 is 2.04 bits per heavy atom. The number of likely N-dealkylation sites (tertiary alicyclic amines) is 1. The summed E-state index contributed by atoms with van der Waals surface area (Å²) in [6.07, 6.45) is 0.951. The molecule has 140 valence electrons. The molecule has 2 aliphatic heterocycles. The molecule has 1 aromatic rings. The number of aliphatic hydroxyl groups excluding tert-OH is 1. The Kier molecular flexibility index (Phi) is 7.51. The van der Waals surface area contributed by atoms with Crippen LogP contribution in [0, 0.1) is 11.8 Å². The van der Waals surface area contributed by atoms with E-state index in [-0.39, 0.29) is 42.2 Å². The molecular weight excluding hydrogens is 385 g/mol. The highest BCUT2D eigenvalue weighted by atomic mass is 35.5. The van der Waals surface area contributed by atoms with Gasteiger partial charge in [-0.05, 0) is 25.0 Å². The van der Waals surface area contributed by atoms with Crippen molar-refractivity contribution in [1.29, 1.82) is 0 Å². The van der Waals surface area contributed by atoms with E-state index in [1.807, 2.05) is 0 Å². The summed E-state index contributed by atoms with van der Waals surface area (Å²) in [4.78, 5) is 27.1. The Balaban J connectivity index is 0.00000225. The van der Waals surface area contributed by atoms with E-state index in [9.17, 15) is 14.7 Å². The smallest absolute Gasteiger partial charge is 0.263 e. The van der Waals surface area contributed by atoms with E-state index in [2.05, 4.69) is 10.6 Å². The Morgan fingerprint density at radius 3 is 2.60 bits per heavy atom. The number of halogens is 2. The monoisotopic (exact) mass is 407 g/mol. The summed E-state index contributed by atoms with van der Waals surface area (Å²) in [6.45, 7) is 2.99. The highest BCUT2D eigenvalue weighted by Crippen LogP contribution is 2.25. The van der Waals surface area contributed by atoms with E-state index < -0.39 is 0 Å². The molecule has 2 amide bonds. The summed E-state index contributed by atoms with van der Waals surface area (Å²) in [5, 5.41) is 15.8. The minimum Gasteiger partial charge on any atom is -0.391 e. The fourth-order valence-corrected chi connectivity index (χ4v) is 4.24. The highest BCUT2D eigenvalue weighted by molar-refractivity contribution is 7.17. The number of hydrogen-bond donors (Lipinski definition) is 3. The number of aliphatic hydroxyl groups is 1. The number of carbonyl (C=O) groups excluding carboxylic acids is 2. The highest BCUT2D eigenvalue weighted by Gasteiger charge is 2.30. The molecule has 3 N–H and O–H groups in total. The lowest BCUT2D eigenvalue weighted by molar-refractivity contribution is -0.126. The van der Waals surface area contributed by atoms with Crippen molar-refractivity contribution in [2.75, 3.05) is 32.7 Å². The first-order valence-electron chi connectivity index (χ1n) is 8.25. The van der Waals surface area contributed by atoms with E-state index in [0.717, 1.165) is 6.54 Å². The average Bonchev–Trinajstić information content (AvgIpc) is 3.20. The number of hydrogen-bond acceptors (Lipinski definition) is 5. The topological polar surface area (TPSA) is 81.7 Å². The minimum absolute atomic E-state index is 0. The molecule has 2 atom stereocenters. The zero-order valence-electron chi connectivity index (χ0n) is 13.7. The second-order valence-electron chi connectivity index (χ2n) is 6.40. The van der Waals surface area contributed by atoms with Crippen LogP contribution in [0.1, 0.15) is 22.5 Å². The van der Waals surface area contributed by atoms with Gasteiger partial charge in [-0.25, -0.2) is 0 Å². The van der Waals surface area contributed by atoms with Gasteiger partial charge in [0.1, 0.15) is 0 Å². The predicted molar refractivity (Wildman–Crippen MR) is 101 cm³/mol. The van der Waals surface area contributed by atoms with Crippen molar-refractivity contribution < 1.29 is 14.7 Å². The maximum atomic E-state index is 12.4. The van der Waals surface area contributed by atoms with Crippen LogP contribution in [0.3, 0.4) is 0 Å². The fraction of sp³-hybridized carbons (Fsp3) is 0.625. The lowest BCUT2D eigenvalue weighted by Crippen LogP contribution is -2.44. The summed E-state index contributed by atoms with van der Waals surface area (Å²) < 4.78 is 0.608. The van der Waals surface area contributed by atoms with E-state index >= 15 is 0 Å². The SMILES string of the molecule is Cl.O=C(NCC1CNCC1O)C1CCN(C(=O)c2ccc(Cl)s2)CC1. The molecule has 3 heterocycles. The summed E-state index contributed by atoms with van der Waals surface area (Å²) in [6, 6.07) is 3.47. The molecule has 1 aromatic heterocycles. The fourth-order valence-electron chi connectivity index (χ4n) is 3.23. The van der Waals surface area contributed by atoms with Crippen molar-refractivity contribution in [3.63, 3.8) is 0 Å². The molecule has 0 spiro atoms. The molecule has 2 fully saturated rings. The van der Waals surface area contributed by atoms with Crippen LogP contribution in [0.2, 0.25) is 4.34 Å². The van der Waals surface area contributed by atoms with E-state index in [1.54, 1.807) is 17.0 Å². The Hall–Kier alpha value is -0.860. The normalized spacial score (nSPS) is 24.0. The molecule has 2 aliphatic rings. The number of carbonyl (C=O) groups is 2. The molecule has 25 heavy (non-hydrogen) atoms. The van der Waals surface area contributed by atoms with Crippen molar-refractivity contribution in [2.24, 2.45) is 11.8 Å². The van der Waals surface area contributed by atoms with Gasteiger partial charge in [-0.3, -0.25) is 9.59 Å². The molecule has 6 nitrogen and oxygen atoms in total. The van der Waals surface area contributed by atoms with Gasteiger partial charge in [0.2, 0.25) is 5.91 Å². The van der Waals surface area contributed by atoms with Gasteiger partial charge in [0, 0.05) is 44.6 Å². The van der Waals surface area contributed by atoms with E-state index in [1.165, 1.54) is 11.3 Å². The third-order valence-electron chi connectivity index (χ3n) is 4.78. The van der Waals surface area contributed by atoms with Crippen LogP contribution in [-0.2, 0) is 4.79 Å². The second kappa shape index (κ2) is 9.19. The summed E-state index contributed by atoms with van der Waals surface area (Å²) in [7, 11) is 0. The van der Waals surface area contributed by atoms with E-state index in [0.29, 0.717) is 48.2 Å². The zero-order chi connectivity index (χ0) is 17.1. The zero-order valence-corrected chi connectivity index (χ0v) is 16.1. The third kappa shape index (κ3) is 5.08. The number of amides is 2. The first-order valence-corrected chi connectivity index (χ1v) is 9.45. The van der Waals surface area contributed by atoms with Crippen LogP contribution in [0.15, 0.2) is 12.1 Å². The van der Waals surface area contributed by atoms with Crippen LogP contribution < -0.4 is 10.6 Å².